The number of carboxylic acid groups (broad SMARTS) is 1. The normalized spacial score (nSPS) is 25.7. The largest absolute Gasteiger partial charge is 0.478 e. The van der Waals surface area contributed by atoms with Crippen LogP contribution < -0.4 is 16.8 Å². The molecule has 1 amide bonds. The summed E-state index contributed by atoms with van der Waals surface area (Å²) in [5.74, 6) is -2.63. The number of amides is 1. The quantitative estimate of drug-likeness (QED) is 0.204. The smallest absolute Gasteiger partial charge is 0.370 e. The number of hydrogen-bond donors (Lipinski definition) is 6. The maximum absolute atomic E-state index is 11.5. The zero-order valence-corrected chi connectivity index (χ0v) is 13.2. The summed E-state index contributed by atoms with van der Waals surface area (Å²) in [5, 5.41) is 30.8. The van der Waals surface area contributed by atoms with Gasteiger partial charge in [0.05, 0.1) is 18.7 Å². The molecule has 0 aromatic carbocycles. The van der Waals surface area contributed by atoms with E-state index in [1.807, 2.05) is 0 Å². The van der Waals surface area contributed by atoms with Crippen molar-refractivity contribution in [3.05, 3.63) is 11.8 Å². The molecule has 0 radical (unpaired) electrons. The lowest BCUT2D eigenvalue weighted by Gasteiger charge is -2.39. The van der Waals surface area contributed by atoms with Crippen molar-refractivity contribution in [3.8, 4) is 0 Å². The maximum Gasteiger partial charge on any atom is 0.370 e. The Hall–Kier alpha value is -2.37. The van der Waals surface area contributed by atoms with Gasteiger partial charge in [-0.1, -0.05) is 0 Å². The van der Waals surface area contributed by atoms with Crippen LogP contribution in [0.25, 0.3) is 0 Å². The van der Waals surface area contributed by atoms with E-state index in [1.165, 1.54) is 14.0 Å². The fourth-order valence-electron chi connectivity index (χ4n) is 2.41. The van der Waals surface area contributed by atoms with Crippen molar-refractivity contribution in [1.29, 1.82) is 0 Å². The molecule has 8 N–H and O–H groups in total. The summed E-state index contributed by atoms with van der Waals surface area (Å²) in [5.41, 5.74) is 10.7. The number of aliphatic hydroxyl groups excluding tert-OH is 2. The minimum Gasteiger partial charge on any atom is -0.478 e. The first-order chi connectivity index (χ1) is 11.2. The van der Waals surface area contributed by atoms with E-state index >= 15 is 0 Å². The Kier molecular flexibility index (Phi) is 6.95. The van der Waals surface area contributed by atoms with E-state index in [2.05, 4.69) is 10.3 Å². The van der Waals surface area contributed by atoms with Gasteiger partial charge in [0.1, 0.15) is 12.2 Å². The van der Waals surface area contributed by atoms with Crippen molar-refractivity contribution in [3.63, 3.8) is 0 Å². The van der Waals surface area contributed by atoms with Gasteiger partial charge < -0.3 is 41.6 Å². The zero-order valence-electron chi connectivity index (χ0n) is 13.2. The van der Waals surface area contributed by atoms with Crippen LogP contribution in [-0.4, -0.2) is 77.3 Å². The van der Waals surface area contributed by atoms with Crippen LogP contribution in [0.1, 0.15) is 6.92 Å². The van der Waals surface area contributed by atoms with Gasteiger partial charge in [0.2, 0.25) is 11.7 Å². The van der Waals surface area contributed by atoms with Crippen molar-refractivity contribution >= 4 is 17.8 Å². The van der Waals surface area contributed by atoms with Gasteiger partial charge in [-0.25, -0.2) is 9.79 Å². The lowest BCUT2D eigenvalue weighted by molar-refractivity contribution is -0.149. The minimum absolute atomic E-state index is 0.325. The van der Waals surface area contributed by atoms with Crippen LogP contribution in [0.3, 0.4) is 0 Å². The first-order valence-corrected chi connectivity index (χ1v) is 7.00. The number of nitrogens with one attached hydrogen (secondary N) is 1. The Bertz CT molecular complexity index is 532. The molecule has 0 saturated heterocycles. The summed E-state index contributed by atoms with van der Waals surface area (Å²) in [6.45, 7) is 0.578. The number of aliphatic imine (C=N–C) groups is 1. The maximum atomic E-state index is 11.5. The number of ether oxygens (including phenoxy) is 2. The van der Waals surface area contributed by atoms with Crippen LogP contribution in [0, 0.1) is 0 Å². The molecule has 0 bridgehead atoms. The molecule has 0 spiro atoms. The van der Waals surface area contributed by atoms with E-state index in [9.17, 15) is 19.8 Å². The second-order valence-electron chi connectivity index (χ2n) is 5.14. The monoisotopic (exact) mass is 346 g/mol. The number of carbonyl (C=O) groups excluding carboxylic acids is 1. The topological polar surface area (TPSA) is 190 Å². The van der Waals surface area contributed by atoms with Crippen LogP contribution in [0.4, 0.5) is 0 Å². The van der Waals surface area contributed by atoms with E-state index in [4.69, 9.17) is 26.0 Å². The molecule has 1 aliphatic heterocycles. The van der Waals surface area contributed by atoms with Crippen LogP contribution in [-0.2, 0) is 19.1 Å². The summed E-state index contributed by atoms with van der Waals surface area (Å²) >= 11 is 0. The molecule has 1 rings (SSSR count). The summed E-state index contributed by atoms with van der Waals surface area (Å²) in [6, 6.07) is -1.90. The Labute approximate surface area is 137 Å². The highest BCUT2D eigenvalue weighted by Gasteiger charge is 2.44. The minimum atomic E-state index is -1.38. The van der Waals surface area contributed by atoms with Gasteiger partial charge in [-0.2, -0.15) is 0 Å². The van der Waals surface area contributed by atoms with Crippen molar-refractivity contribution in [2.75, 3.05) is 13.7 Å². The highest BCUT2D eigenvalue weighted by atomic mass is 16.6. The van der Waals surface area contributed by atoms with E-state index in [-0.39, 0.29) is 5.96 Å². The first-order valence-electron chi connectivity index (χ1n) is 7.00. The van der Waals surface area contributed by atoms with Gasteiger partial charge in [-0.3, -0.25) is 4.79 Å². The Morgan fingerprint density at radius 1 is 1.50 bits per heavy atom. The van der Waals surface area contributed by atoms with E-state index in [0.717, 1.165) is 6.08 Å². The highest BCUT2D eigenvalue weighted by molar-refractivity contribution is 5.85. The Morgan fingerprint density at radius 2 is 2.12 bits per heavy atom. The van der Waals surface area contributed by atoms with E-state index < -0.39 is 54.6 Å². The van der Waals surface area contributed by atoms with E-state index in [0.29, 0.717) is 0 Å². The Balaban J connectivity index is 3.34. The molecule has 0 aromatic heterocycles. The number of rotatable bonds is 7. The average Bonchev–Trinajstić information content (AvgIpc) is 2.49. The molecule has 0 saturated carbocycles. The van der Waals surface area contributed by atoms with Crippen molar-refractivity contribution in [2.45, 2.75) is 37.3 Å². The number of nitrogens with zero attached hydrogens (tertiary/aromatic N) is 1. The third-order valence-corrected chi connectivity index (χ3v) is 3.35. The summed E-state index contributed by atoms with van der Waals surface area (Å²) in [7, 11) is 1.24. The van der Waals surface area contributed by atoms with Crippen LogP contribution in [0.5, 0.6) is 0 Å². The van der Waals surface area contributed by atoms with Gasteiger partial charge >= 0.3 is 5.97 Å². The molecular formula is C13H22N4O7. The predicted octanol–water partition coefficient (Wildman–Crippen LogP) is -3.13. The molecule has 1 aliphatic rings. The Morgan fingerprint density at radius 3 is 2.54 bits per heavy atom. The van der Waals surface area contributed by atoms with Crippen LogP contribution in [0.15, 0.2) is 16.8 Å². The van der Waals surface area contributed by atoms with Crippen molar-refractivity contribution < 1.29 is 34.4 Å². The van der Waals surface area contributed by atoms with Crippen LogP contribution in [0.2, 0.25) is 0 Å². The molecule has 1 unspecified atom stereocenters. The zero-order chi connectivity index (χ0) is 18.4. The second-order valence-corrected chi connectivity index (χ2v) is 5.14. The third kappa shape index (κ3) is 4.81. The van der Waals surface area contributed by atoms with Gasteiger partial charge in [-0.05, 0) is 6.08 Å². The third-order valence-electron chi connectivity index (χ3n) is 3.35. The molecule has 24 heavy (non-hydrogen) atoms. The number of hydrogen-bond acceptors (Lipinski definition) is 7. The number of aliphatic hydroxyl groups is 2. The number of carboxylic acids is 1. The number of guanidine groups is 1. The number of carbonyl (C=O) groups is 2. The highest BCUT2D eigenvalue weighted by Crippen LogP contribution is 2.26. The standard InChI is InChI=1S/C13H22N4O7/c1-5(19)16-9-6(17-13(14)15)3-8(12(21)22)24-11(9)10(23-2)7(20)4-18/h3,6-7,9-11,18,20H,4H2,1-2H3,(H,16,19)(H,21,22)(H4,14,15,17)/t6-,7+,9+,10+,11?/m0/s1. The van der Waals surface area contributed by atoms with Crippen molar-refractivity contribution in [2.24, 2.45) is 16.5 Å². The number of aliphatic carboxylic acids is 1. The first kappa shape index (κ1) is 19.7. The van der Waals surface area contributed by atoms with Gasteiger partial charge in [0, 0.05) is 14.0 Å². The fraction of sp³-hybridized carbons (Fsp3) is 0.615. The van der Waals surface area contributed by atoms with Crippen molar-refractivity contribution in [1.82, 2.24) is 5.32 Å². The average molecular weight is 346 g/mol. The van der Waals surface area contributed by atoms with Gasteiger partial charge in [-0.15, -0.1) is 0 Å². The fourth-order valence-corrected chi connectivity index (χ4v) is 2.41. The van der Waals surface area contributed by atoms with Gasteiger partial charge in [0.15, 0.2) is 12.1 Å². The molecule has 0 aliphatic carbocycles. The molecule has 1 heterocycles. The van der Waals surface area contributed by atoms with E-state index in [1.54, 1.807) is 0 Å². The molecular weight excluding hydrogens is 324 g/mol. The SMILES string of the molecule is CO[C@@H](C1OC(C(=O)O)=C[C@H](N=C(N)N)[C@H]1NC(C)=O)[C@H](O)CO. The second kappa shape index (κ2) is 8.47. The lowest BCUT2D eigenvalue weighted by atomic mass is 9.92. The lowest BCUT2D eigenvalue weighted by Crippen LogP contribution is -2.60. The van der Waals surface area contributed by atoms with Gasteiger partial charge in [0.25, 0.3) is 0 Å². The number of methoxy groups -OCH3 is 1. The summed E-state index contributed by atoms with van der Waals surface area (Å²) < 4.78 is 10.5. The number of nitrogens with two attached hydrogens (primary N) is 2. The summed E-state index contributed by atoms with van der Waals surface area (Å²) in [6.07, 6.45) is -2.56. The van der Waals surface area contributed by atoms with Crippen LogP contribution >= 0.6 is 0 Å². The molecule has 136 valence electrons. The predicted molar refractivity (Wildman–Crippen MR) is 81.7 cm³/mol. The molecule has 11 nitrogen and oxygen atoms in total. The molecule has 0 fully saturated rings. The molecule has 5 atom stereocenters. The molecule has 11 heteroatoms. The molecule has 0 aromatic rings. The summed E-state index contributed by atoms with van der Waals surface area (Å²) in [4.78, 5) is 26.6.